The van der Waals surface area contributed by atoms with E-state index in [9.17, 15) is 0 Å². The number of fused-ring (bicyclic) bond motifs is 4. The first-order valence-corrected chi connectivity index (χ1v) is 13.9. The molecule has 1 fully saturated rings. The summed E-state index contributed by atoms with van der Waals surface area (Å²) < 4.78 is 2.79. The second-order valence-corrected chi connectivity index (χ2v) is 13.3. The highest BCUT2D eigenvalue weighted by Crippen LogP contribution is 2.48. The molecule has 1 aliphatic carbocycles. The molecule has 0 spiro atoms. The normalized spacial score (nSPS) is 16.9. The molecule has 2 aromatic heterocycles. The van der Waals surface area contributed by atoms with Gasteiger partial charge in [0.05, 0.1) is 10.4 Å². The van der Waals surface area contributed by atoms with Crippen molar-refractivity contribution in [3.8, 4) is 11.3 Å². The molecule has 1 aliphatic rings. The fourth-order valence-electron chi connectivity index (χ4n) is 6.05. The van der Waals surface area contributed by atoms with Crippen LogP contribution in [0, 0.1) is 5.41 Å². The Morgan fingerprint density at radius 1 is 0.829 bits per heavy atom. The second-order valence-electron chi connectivity index (χ2n) is 12.3. The molecule has 0 radical (unpaired) electrons. The molecule has 0 amide bonds. The van der Waals surface area contributed by atoms with Crippen LogP contribution in [0.5, 0.6) is 0 Å². The first kappa shape index (κ1) is 22.7. The quantitative estimate of drug-likeness (QED) is 0.246. The summed E-state index contributed by atoms with van der Waals surface area (Å²) >= 11 is 1.96. The monoisotopic (exact) mass is 477 g/mol. The largest absolute Gasteiger partial charge is 0.255 e. The van der Waals surface area contributed by atoms with E-state index in [1.54, 1.807) is 5.56 Å². The summed E-state index contributed by atoms with van der Waals surface area (Å²) in [6, 6.07) is 22.7. The van der Waals surface area contributed by atoms with Gasteiger partial charge in [0.2, 0.25) is 0 Å². The molecule has 1 nitrogen and oxygen atoms in total. The van der Waals surface area contributed by atoms with Gasteiger partial charge in [0.15, 0.2) is 0 Å². The number of rotatable bonds is 2. The molecule has 0 saturated heterocycles. The molecule has 0 unspecified atom stereocenters. The lowest BCUT2D eigenvalue weighted by Gasteiger charge is -2.34. The minimum Gasteiger partial charge on any atom is -0.255 e. The molecule has 1 saturated carbocycles. The summed E-state index contributed by atoms with van der Waals surface area (Å²) in [5.74, 6) is 0.671. The van der Waals surface area contributed by atoms with Crippen LogP contribution in [-0.4, -0.2) is 4.98 Å². The minimum absolute atomic E-state index is 0.0611. The molecule has 2 heterocycles. The van der Waals surface area contributed by atoms with Crippen molar-refractivity contribution >= 4 is 42.3 Å². The zero-order valence-corrected chi connectivity index (χ0v) is 22.4. The van der Waals surface area contributed by atoms with Crippen molar-refractivity contribution in [2.24, 2.45) is 5.41 Å². The summed E-state index contributed by atoms with van der Waals surface area (Å²) in [7, 11) is 0. The van der Waals surface area contributed by atoms with E-state index in [0.717, 1.165) is 5.69 Å². The molecule has 0 bridgehead atoms. The molecule has 5 aromatic rings. The van der Waals surface area contributed by atoms with Crippen LogP contribution in [0.25, 0.3) is 42.2 Å². The topological polar surface area (TPSA) is 12.9 Å². The molecular weight excluding hydrogens is 442 g/mol. The highest BCUT2D eigenvalue weighted by Gasteiger charge is 2.29. The van der Waals surface area contributed by atoms with Crippen LogP contribution >= 0.6 is 11.3 Å². The van der Waals surface area contributed by atoms with Gasteiger partial charge >= 0.3 is 0 Å². The number of benzene rings is 3. The Hall–Kier alpha value is -2.71. The molecule has 3 aromatic carbocycles. The van der Waals surface area contributed by atoms with Gasteiger partial charge in [-0.25, -0.2) is 0 Å². The Labute approximate surface area is 213 Å². The van der Waals surface area contributed by atoms with Crippen LogP contribution in [-0.2, 0) is 5.41 Å². The number of hydrogen-bond acceptors (Lipinski definition) is 2. The maximum atomic E-state index is 4.97. The van der Waals surface area contributed by atoms with E-state index in [1.807, 2.05) is 17.5 Å². The first-order valence-electron chi connectivity index (χ1n) is 13.1. The van der Waals surface area contributed by atoms with Gasteiger partial charge < -0.3 is 0 Å². The number of hydrogen-bond donors (Lipinski definition) is 0. The standard InChI is InChI=1S/C33H35NS/c1-32(2,3)28-20-23(19-22-9-6-7-10-24(22)28)29-31-27(15-18-34-29)26-12-8-11-25(30(26)35-31)21-13-16-33(4,5)17-14-21/h6-12,15,18-21H,13-14,16-17H2,1-5H3. The zero-order valence-electron chi connectivity index (χ0n) is 21.6. The van der Waals surface area contributed by atoms with E-state index < -0.39 is 0 Å². The van der Waals surface area contributed by atoms with Gasteiger partial charge in [-0.1, -0.05) is 77.1 Å². The van der Waals surface area contributed by atoms with Gasteiger partial charge in [-0.2, -0.15) is 0 Å². The van der Waals surface area contributed by atoms with E-state index in [-0.39, 0.29) is 5.41 Å². The number of thiophene rings is 1. The lowest BCUT2D eigenvalue weighted by molar-refractivity contribution is 0.225. The smallest absolute Gasteiger partial charge is 0.0880 e. The molecule has 0 N–H and O–H groups in total. The summed E-state index contributed by atoms with van der Waals surface area (Å²) in [5, 5.41) is 5.38. The molecule has 0 aliphatic heterocycles. The van der Waals surface area contributed by atoms with Crippen molar-refractivity contribution in [1.29, 1.82) is 0 Å². The van der Waals surface area contributed by atoms with Gasteiger partial charge in [-0.05, 0) is 82.5 Å². The minimum atomic E-state index is 0.0611. The number of nitrogens with zero attached hydrogens (tertiary/aromatic N) is 1. The van der Waals surface area contributed by atoms with Gasteiger partial charge in [0.25, 0.3) is 0 Å². The Bertz CT molecular complexity index is 1550. The Morgan fingerprint density at radius 3 is 2.31 bits per heavy atom. The van der Waals surface area contributed by atoms with Crippen LogP contribution in [0.3, 0.4) is 0 Å². The van der Waals surface area contributed by atoms with Crippen LogP contribution < -0.4 is 0 Å². The van der Waals surface area contributed by atoms with E-state index in [4.69, 9.17) is 4.98 Å². The van der Waals surface area contributed by atoms with Crippen molar-refractivity contribution in [2.75, 3.05) is 0 Å². The van der Waals surface area contributed by atoms with E-state index >= 15 is 0 Å². The van der Waals surface area contributed by atoms with E-state index in [2.05, 4.69) is 95.3 Å². The fourth-order valence-corrected chi connectivity index (χ4v) is 7.45. The highest BCUT2D eigenvalue weighted by molar-refractivity contribution is 7.26. The summed E-state index contributed by atoms with van der Waals surface area (Å²) in [6.07, 6.45) is 7.23. The van der Waals surface area contributed by atoms with Crippen molar-refractivity contribution in [3.05, 3.63) is 78.0 Å². The second kappa shape index (κ2) is 8.17. The maximum Gasteiger partial charge on any atom is 0.0880 e. The Balaban J connectivity index is 1.55. The predicted octanol–water partition coefficient (Wildman–Crippen LogP) is 10.3. The van der Waals surface area contributed by atoms with E-state index in [0.29, 0.717) is 11.3 Å². The number of aromatic nitrogens is 1. The van der Waals surface area contributed by atoms with Crippen molar-refractivity contribution in [2.45, 2.75) is 71.6 Å². The van der Waals surface area contributed by atoms with Gasteiger partial charge in [-0.15, -0.1) is 11.3 Å². The highest BCUT2D eigenvalue weighted by atomic mass is 32.1. The SMILES string of the molecule is CC1(C)CCC(c2cccc3c2sc2c(-c4cc(C(C)(C)C)c5ccccc5c4)nccc23)CC1. The van der Waals surface area contributed by atoms with E-state index in [1.165, 1.54) is 67.8 Å². The predicted molar refractivity (Wildman–Crippen MR) is 154 cm³/mol. The first-order chi connectivity index (χ1) is 16.7. The molecule has 0 atom stereocenters. The Kier molecular flexibility index (Phi) is 5.30. The van der Waals surface area contributed by atoms with Crippen LogP contribution in [0.2, 0.25) is 0 Å². The summed E-state index contributed by atoms with van der Waals surface area (Å²) in [5.41, 5.74) is 5.84. The van der Waals surface area contributed by atoms with Gasteiger partial charge in [0.1, 0.15) is 0 Å². The molecule has 178 valence electrons. The van der Waals surface area contributed by atoms with Gasteiger partial charge in [-0.3, -0.25) is 4.98 Å². The van der Waals surface area contributed by atoms with Crippen molar-refractivity contribution in [3.63, 3.8) is 0 Å². The molecule has 6 rings (SSSR count). The Morgan fingerprint density at radius 2 is 1.54 bits per heavy atom. The molecule has 35 heavy (non-hydrogen) atoms. The zero-order chi connectivity index (χ0) is 24.4. The van der Waals surface area contributed by atoms with Crippen molar-refractivity contribution < 1.29 is 0 Å². The fraction of sp³-hybridized carbons (Fsp3) is 0.364. The number of pyridine rings is 1. The molecular formula is C33H35NS. The maximum absolute atomic E-state index is 4.97. The third-order valence-electron chi connectivity index (χ3n) is 8.17. The van der Waals surface area contributed by atoms with Gasteiger partial charge in [0, 0.05) is 27.2 Å². The van der Waals surface area contributed by atoms with Crippen LogP contribution in [0.15, 0.2) is 66.9 Å². The average Bonchev–Trinajstić information content (AvgIpc) is 3.22. The lowest BCUT2D eigenvalue weighted by atomic mass is 9.71. The van der Waals surface area contributed by atoms with Crippen LogP contribution in [0.1, 0.15) is 77.3 Å². The summed E-state index contributed by atoms with van der Waals surface area (Å²) in [6.45, 7) is 11.8. The lowest BCUT2D eigenvalue weighted by Crippen LogP contribution is -2.20. The third kappa shape index (κ3) is 3.96. The molecule has 2 heteroatoms. The summed E-state index contributed by atoms with van der Waals surface area (Å²) in [4.78, 5) is 4.97. The van der Waals surface area contributed by atoms with Crippen LogP contribution in [0.4, 0.5) is 0 Å². The van der Waals surface area contributed by atoms with Crippen molar-refractivity contribution in [1.82, 2.24) is 4.98 Å². The third-order valence-corrected chi connectivity index (χ3v) is 9.44. The average molecular weight is 478 g/mol.